The molecule has 3 heterocycles. The molecule has 15 nitrogen and oxygen atoms in total. The zero-order chi connectivity index (χ0) is 50.7. The third-order valence-electron chi connectivity index (χ3n) is 11.2. The summed E-state index contributed by atoms with van der Waals surface area (Å²) in [6.45, 7) is 19.2. The molecule has 3 aromatic carbocycles. The fourth-order valence-electron chi connectivity index (χ4n) is 7.83. The number of ketones is 4. The molecule has 3 saturated heterocycles. The molecule has 68 heavy (non-hydrogen) atoms. The van der Waals surface area contributed by atoms with Crippen molar-refractivity contribution >= 4 is 47.4 Å². The number of nitrogens with zero attached hydrogens (tertiary/aromatic N) is 3. The van der Waals surface area contributed by atoms with Gasteiger partial charge in [0.25, 0.3) is 0 Å². The second-order valence-electron chi connectivity index (χ2n) is 16.4. The van der Waals surface area contributed by atoms with Crippen LogP contribution >= 0.6 is 0 Å². The van der Waals surface area contributed by atoms with E-state index < -0.39 is 11.4 Å². The molecule has 0 aromatic heterocycles. The Morgan fingerprint density at radius 1 is 0.662 bits per heavy atom. The molecule has 3 unspecified atom stereocenters. The number of hydrogen-bond donors (Lipinski definition) is 0. The van der Waals surface area contributed by atoms with Gasteiger partial charge in [0.1, 0.15) is 11.2 Å². The molecule has 3 atom stereocenters. The Hall–Kier alpha value is -6.34. The van der Waals surface area contributed by atoms with Crippen molar-refractivity contribution in [3.05, 3.63) is 120 Å². The zero-order valence-electron chi connectivity index (χ0n) is 40.4. The van der Waals surface area contributed by atoms with Crippen molar-refractivity contribution < 1.29 is 57.4 Å². The van der Waals surface area contributed by atoms with Gasteiger partial charge in [0.05, 0.1) is 32.8 Å². The highest BCUT2D eigenvalue weighted by Crippen LogP contribution is 2.35. The van der Waals surface area contributed by atoms with Crippen LogP contribution in [0.4, 0.5) is 0 Å². The van der Waals surface area contributed by atoms with Crippen LogP contribution in [0.2, 0.25) is 0 Å². The van der Waals surface area contributed by atoms with E-state index >= 15 is 0 Å². The molecule has 3 aliphatic rings. The van der Waals surface area contributed by atoms with Gasteiger partial charge in [-0.15, -0.1) is 0 Å². The molecule has 0 spiro atoms. The third kappa shape index (κ3) is 22.9. The lowest BCUT2D eigenvalue weighted by atomic mass is 9.81. The summed E-state index contributed by atoms with van der Waals surface area (Å²) in [4.78, 5) is 109. The Bertz CT molecular complexity index is 2040. The minimum Gasteiger partial charge on any atom is -0.465 e. The molecule has 15 heteroatoms. The fourth-order valence-corrected chi connectivity index (χ4v) is 7.83. The van der Waals surface area contributed by atoms with E-state index in [1.807, 2.05) is 59.5 Å². The van der Waals surface area contributed by atoms with Crippen LogP contribution in [0.15, 0.2) is 104 Å². The van der Waals surface area contributed by atoms with Gasteiger partial charge in [0, 0.05) is 63.6 Å². The summed E-state index contributed by atoms with van der Waals surface area (Å²) in [6, 6.07) is 30.6. The lowest BCUT2D eigenvalue weighted by molar-refractivity contribution is -0.193. The number of Topliss-reactive ketones (excluding diaryl/α,β-unsaturated/α-hetero) is 4. The Morgan fingerprint density at radius 2 is 1.09 bits per heavy atom. The first-order chi connectivity index (χ1) is 32.7. The van der Waals surface area contributed by atoms with Crippen molar-refractivity contribution in [2.45, 2.75) is 92.8 Å². The summed E-state index contributed by atoms with van der Waals surface area (Å²) < 4.78 is 9.57. The minimum absolute atomic E-state index is 0.0250. The van der Waals surface area contributed by atoms with Gasteiger partial charge in [-0.1, -0.05) is 124 Å². The summed E-state index contributed by atoms with van der Waals surface area (Å²) in [6.07, 6.45) is 6.49. The number of hydrogen-bond acceptors (Lipinski definition) is 15. The van der Waals surface area contributed by atoms with E-state index in [4.69, 9.17) is 23.9 Å². The van der Waals surface area contributed by atoms with E-state index in [0.717, 1.165) is 50.7 Å². The van der Waals surface area contributed by atoms with E-state index in [9.17, 15) is 28.8 Å². The summed E-state index contributed by atoms with van der Waals surface area (Å²) in [5, 5.41) is 0. The average molecular weight is 940 g/mol. The molecule has 0 amide bonds. The summed E-state index contributed by atoms with van der Waals surface area (Å²) in [7, 11) is 0. The van der Waals surface area contributed by atoms with Gasteiger partial charge in [-0.3, -0.25) is 33.9 Å². The van der Waals surface area contributed by atoms with Crippen LogP contribution in [0, 0.1) is 17.3 Å². The van der Waals surface area contributed by atoms with Gasteiger partial charge in [-0.2, -0.15) is 19.2 Å². The maximum Gasteiger partial charge on any atom is 0.373 e. The van der Waals surface area contributed by atoms with Gasteiger partial charge in [-0.05, 0) is 56.7 Å². The van der Waals surface area contributed by atoms with Crippen molar-refractivity contribution in [2.75, 3.05) is 52.5 Å². The van der Waals surface area contributed by atoms with Crippen molar-refractivity contribution in [2.24, 2.45) is 17.3 Å². The lowest BCUT2D eigenvalue weighted by Crippen LogP contribution is -2.41. The van der Waals surface area contributed by atoms with Gasteiger partial charge in [-0.25, -0.2) is 4.79 Å². The minimum atomic E-state index is -1.20. The second-order valence-corrected chi connectivity index (χ2v) is 16.4. The van der Waals surface area contributed by atoms with E-state index in [1.165, 1.54) is 30.9 Å². The highest BCUT2D eigenvalue weighted by Gasteiger charge is 2.52. The van der Waals surface area contributed by atoms with Crippen LogP contribution < -0.4 is 0 Å². The van der Waals surface area contributed by atoms with Crippen molar-refractivity contribution in [1.29, 1.82) is 0 Å². The lowest BCUT2D eigenvalue weighted by Gasteiger charge is -2.25. The molecule has 3 aliphatic heterocycles. The molecule has 0 radical (unpaired) electrons. The average Bonchev–Trinajstić information content (AvgIpc) is 3.98. The first-order valence-corrected chi connectivity index (χ1v) is 23.0. The molecule has 0 N–H and O–H groups in total. The molecule has 6 rings (SSSR count). The Morgan fingerprint density at radius 3 is 1.46 bits per heavy atom. The molecule has 0 bridgehead atoms. The van der Waals surface area contributed by atoms with Crippen LogP contribution in [0.3, 0.4) is 0 Å². The van der Waals surface area contributed by atoms with Gasteiger partial charge < -0.3 is 14.3 Å². The summed E-state index contributed by atoms with van der Waals surface area (Å²) in [5.74, 6) is 0.385. The van der Waals surface area contributed by atoms with Crippen molar-refractivity contribution in [3.8, 4) is 0 Å². The number of likely N-dealkylation sites (tertiary alicyclic amines) is 3. The standard InChI is InChI=1S/C18H23NO4.C15H21NO.C13H17NO.C5H8O2.2CO2/c1-3-23-17(22)18(10-9-14(2)20)13-19(12-16(18)21)11-15-7-5-4-6-8-15;1-2-3-9-14-11-16(12-15(14)17)10-13-7-5-4-6-8-13;1-2-12-9-14(10-13(12)15)8-11-6-4-3-5-7-11;1-3-5(6)7-4-2;2*2-1-3/h4-8H,3,9-13H2,1-2H3;4-8,14H,2-3,9-12H2,1H3;3-7,12H,2,8-10H2,1H3;3H,1,4H2,2H3;;. The second kappa shape index (κ2) is 34.9. The number of carbonyl (C=O) groups is 6. The molecular weight excluding hydrogens is 871 g/mol. The molecule has 0 aliphatic carbocycles. The highest BCUT2D eigenvalue weighted by atomic mass is 16.5. The summed E-state index contributed by atoms with van der Waals surface area (Å²) >= 11 is 0. The molecule has 368 valence electrons. The maximum absolute atomic E-state index is 12.6. The number of ether oxygens (including phenoxy) is 2. The Balaban J connectivity index is 0.000000458. The van der Waals surface area contributed by atoms with E-state index in [-0.39, 0.29) is 61.7 Å². The largest absolute Gasteiger partial charge is 0.465 e. The topological polar surface area (TPSA) is 199 Å². The molecular formula is C53H69N3O12. The normalized spacial score (nSPS) is 18.4. The van der Waals surface area contributed by atoms with Crippen LogP contribution in [-0.2, 0) is 77.1 Å². The molecule has 0 saturated carbocycles. The van der Waals surface area contributed by atoms with Crippen LogP contribution in [-0.4, -0.2) is 115 Å². The number of esters is 2. The maximum atomic E-state index is 12.6. The van der Waals surface area contributed by atoms with Gasteiger partial charge >= 0.3 is 24.2 Å². The van der Waals surface area contributed by atoms with Crippen LogP contribution in [0.1, 0.15) is 89.8 Å². The Labute approximate surface area is 401 Å². The number of carbonyl (C=O) groups excluding carboxylic acids is 10. The smallest absolute Gasteiger partial charge is 0.373 e. The number of rotatable bonds is 17. The van der Waals surface area contributed by atoms with Crippen molar-refractivity contribution in [3.63, 3.8) is 0 Å². The predicted molar refractivity (Wildman–Crippen MR) is 253 cm³/mol. The van der Waals surface area contributed by atoms with Crippen LogP contribution in [0.5, 0.6) is 0 Å². The van der Waals surface area contributed by atoms with E-state index in [0.29, 0.717) is 50.3 Å². The fraction of sp³-hybridized carbons (Fsp3) is 0.472. The van der Waals surface area contributed by atoms with E-state index in [1.54, 1.807) is 13.8 Å². The molecule has 3 aromatic rings. The number of unbranched alkanes of at least 4 members (excludes halogenated alkanes) is 1. The highest BCUT2D eigenvalue weighted by molar-refractivity contribution is 6.07. The Kier molecular flexibility index (Phi) is 30.6. The SMILES string of the molecule is C=CC(=O)OCC.CCC1CN(Cc2ccccc2)CC1=O.CCCCC1CN(Cc2ccccc2)CC1=O.CCOC(=O)C1(CCC(C)=O)CN(Cc2ccccc2)CC1=O.O=C=O.O=C=O. The van der Waals surface area contributed by atoms with Crippen molar-refractivity contribution in [1.82, 2.24) is 14.7 Å². The van der Waals surface area contributed by atoms with E-state index in [2.05, 4.69) is 71.4 Å². The monoisotopic (exact) mass is 939 g/mol. The first-order valence-electron chi connectivity index (χ1n) is 23.0. The predicted octanol–water partition coefficient (Wildman–Crippen LogP) is 6.53. The van der Waals surface area contributed by atoms with Gasteiger partial charge in [0.2, 0.25) is 0 Å². The first kappa shape index (κ1) is 59.7. The van der Waals surface area contributed by atoms with Crippen LogP contribution in [0.25, 0.3) is 0 Å². The third-order valence-corrected chi connectivity index (χ3v) is 11.2. The number of benzene rings is 3. The zero-order valence-corrected chi connectivity index (χ0v) is 40.4. The molecule has 3 fully saturated rings. The summed E-state index contributed by atoms with van der Waals surface area (Å²) in [5.41, 5.74) is 2.49. The van der Waals surface area contributed by atoms with Gasteiger partial charge in [0.15, 0.2) is 17.3 Å². The quantitative estimate of drug-likeness (QED) is 0.0803.